The maximum absolute atomic E-state index is 12.1. The molecule has 0 aliphatic carbocycles. The average Bonchev–Trinajstić information content (AvgIpc) is 2.54. The van der Waals surface area contributed by atoms with Crippen molar-refractivity contribution < 1.29 is 24.2 Å². The highest BCUT2D eigenvalue weighted by atomic mass is 16.5. The quantitative estimate of drug-likeness (QED) is 0.858. The fraction of sp³-hybridized carbons (Fsp3) is 0.176. The number of esters is 1. The van der Waals surface area contributed by atoms with Gasteiger partial charge >= 0.3 is 11.9 Å². The largest absolute Gasteiger partial charge is 0.497 e. The van der Waals surface area contributed by atoms with Gasteiger partial charge in [-0.05, 0) is 36.8 Å². The number of carbonyl (C=O) groups excluding carboxylic acids is 1. The fourth-order valence-corrected chi connectivity index (χ4v) is 2.16. The van der Waals surface area contributed by atoms with Crippen LogP contribution in [0.1, 0.15) is 27.6 Å². The Hall–Kier alpha value is -2.82. The monoisotopic (exact) mass is 300 g/mol. The SMILES string of the molecule is CCOC(=O)c1ccccc1-c1cc(OC)ccc1C(=O)O. The Labute approximate surface area is 128 Å². The Morgan fingerprint density at radius 1 is 1.05 bits per heavy atom. The first-order chi connectivity index (χ1) is 10.6. The molecule has 5 nitrogen and oxygen atoms in total. The summed E-state index contributed by atoms with van der Waals surface area (Å²) in [7, 11) is 1.50. The van der Waals surface area contributed by atoms with E-state index in [0.29, 0.717) is 22.4 Å². The third-order valence-corrected chi connectivity index (χ3v) is 3.17. The molecule has 0 amide bonds. The van der Waals surface area contributed by atoms with Gasteiger partial charge in [-0.1, -0.05) is 18.2 Å². The second-order valence-corrected chi connectivity index (χ2v) is 4.48. The van der Waals surface area contributed by atoms with E-state index in [-0.39, 0.29) is 12.2 Å². The van der Waals surface area contributed by atoms with Crippen molar-refractivity contribution in [3.05, 3.63) is 53.6 Å². The highest BCUT2D eigenvalue weighted by Gasteiger charge is 2.19. The number of hydrogen-bond donors (Lipinski definition) is 1. The average molecular weight is 300 g/mol. The summed E-state index contributed by atoms with van der Waals surface area (Å²) in [5.41, 5.74) is 1.32. The van der Waals surface area contributed by atoms with E-state index in [1.165, 1.54) is 13.2 Å². The van der Waals surface area contributed by atoms with Gasteiger partial charge in [0.1, 0.15) is 5.75 Å². The van der Waals surface area contributed by atoms with E-state index >= 15 is 0 Å². The molecule has 0 fully saturated rings. The molecule has 0 bridgehead atoms. The summed E-state index contributed by atoms with van der Waals surface area (Å²) in [5.74, 6) is -1.05. The van der Waals surface area contributed by atoms with Crippen LogP contribution in [-0.2, 0) is 4.74 Å². The molecule has 0 aliphatic rings. The minimum atomic E-state index is -1.07. The van der Waals surface area contributed by atoms with Crippen LogP contribution in [0.2, 0.25) is 0 Å². The van der Waals surface area contributed by atoms with Gasteiger partial charge in [-0.25, -0.2) is 9.59 Å². The number of carboxylic acid groups (broad SMARTS) is 1. The summed E-state index contributed by atoms with van der Waals surface area (Å²) < 4.78 is 10.2. The summed E-state index contributed by atoms with van der Waals surface area (Å²) >= 11 is 0. The van der Waals surface area contributed by atoms with E-state index in [0.717, 1.165) is 0 Å². The lowest BCUT2D eigenvalue weighted by atomic mass is 9.95. The summed E-state index contributed by atoms with van der Waals surface area (Å²) in [5, 5.41) is 9.37. The topological polar surface area (TPSA) is 72.8 Å². The van der Waals surface area contributed by atoms with Gasteiger partial charge in [0.25, 0.3) is 0 Å². The Bertz CT molecular complexity index is 706. The molecule has 22 heavy (non-hydrogen) atoms. The third kappa shape index (κ3) is 3.09. The minimum absolute atomic E-state index is 0.0950. The first kappa shape index (κ1) is 15.6. The van der Waals surface area contributed by atoms with Crippen molar-refractivity contribution >= 4 is 11.9 Å². The van der Waals surface area contributed by atoms with E-state index in [9.17, 15) is 14.7 Å². The Balaban J connectivity index is 2.65. The number of benzene rings is 2. The van der Waals surface area contributed by atoms with Gasteiger partial charge < -0.3 is 14.6 Å². The molecule has 0 atom stereocenters. The summed E-state index contributed by atoms with van der Waals surface area (Å²) in [6.45, 7) is 1.96. The number of hydrogen-bond acceptors (Lipinski definition) is 4. The Morgan fingerprint density at radius 3 is 2.41 bits per heavy atom. The number of carboxylic acids is 1. The van der Waals surface area contributed by atoms with E-state index in [1.54, 1.807) is 43.3 Å². The molecule has 0 radical (unpaired) electrons. The van der Waals surface area contributed by atoms with Gasteiger partial charge in [0.2, 0.25) is 0 Å². The Kier molecular flexibility index (Phi) is 4.78. The zero-order valence-electron chi connectivity index (χ0n) is 12.3. The standard InChI is InChI=1S/C17H16O5/c1-3-22-17(20)14-7-5-4-6-12(14)15-10-11(21-2)8-9-13(15)16(18)19/h4-10H,3H2,1-2H3,(H,18,19). The zero-order chi connectivity index (χ0) is 16.1. The van der Waals surface area contributed by atoms with Gasteiger partial charge in [-0.15, -0.1) is 0 Å². The number of rotatable bonds is 5. The van der Waals surface area contributed by atoms with Gasteiger partial charge in [0.15, 0.2) is 0 Å². The van der Waals surface area contributed by atoms with Crippen molar-refractivity contribution in [3.63, 3.8) is 0 Å². The first-order valence-electron chi connectivity index (χ1n) is 6.76. The van der Waals surface area contributed by atoms with Gasteiger partial charge in [-0.2, -0.15) is 0 Å². The molecule has 0 saturated heterocycles. The lowest BCUT2D eigenvalue weighted by Crippen LogP contribution is -2.08. The van der Waals surface area contributed by atoms with E-state index in [2.05, 4.69) is 0 Å². The van der Waals surface area contributed by atoms with Crippen LogP contribution in [-0.4, -0.2) is 30.8 Å². The van der Waals surface area contributed by atoms with Crippen molar-refractivity contribution in [3.8, 4) is 16.9 Å². The fourth-order valence-electron chi connectivity index (χ4n) is 2.16. The molecule has 0 unspecified atom stereocenters. The molecule has 114 valence electrons. The number of methoxy groups -OCH3 is 1. The number of carbonyl (C=O) groups is 2. The van der Waals surface area contributed by atoms with Crippen LogP contribution in [0.25, 0.3) is 11.1 Å². The molecule has 0 aromatic heterocycles. The summed E-state index contributed by atoms with van der Waals surface area (Å²) in [6.07, 6.45) is 0. The van der Waals surface area contributed by atoms with Crippen LogP contribution in [0.15, 0.2) is 42.5 Å². The van der Waals surface area contributed by atoms with Crippen LogP contribution in [0, 0.1) is 0 Å². The van der Waals surface area contributed by atoms with Gasteiger partial charge in [0.05, 0.1) is 24.8 Å². The molecule has 0 spiro atoms. The zero-order valence-corrected chi connectivity index (χ0v) is 12.3. The minimum Gasteiger partial charge on any atom is -0.497 e. The highest BCUT2D eigenvalue weighted by molar-refractivity contribution is 6.02. The van der Waals surface area contributed by atoms with Crippen LogP contribution in [0.3, 0.4) is 0 Å². The lowest BCUT2D eigenvalue weighted by Gasteiger charge is -2.12. The predicted octanol–water partition coefficient (Wildman–Crippen LogP) is 3.24. The maximum Gasteiger partial charge on any atom is 0.338 e. The number of ether oxygens (including phenoxy) is 2. The van der Waals surface area contributed by atoms with E-state index in [1.807, 2.05) is 0 Å². The second kappa shape index (κ2) is 6.76. The lowest BCUT2D eigenvalue weighted by molar-refractivity contribution is 0.0526. The third-order valence-electron chi connectivity index (χ3n) is 3.17. The highest BCUT2D eigenvalue weighted by Crippen LogP contribution is 2.31. The molecule has 5 heteroatoms. The molecule has 2 rings (SSSR count). The van der Waals surface area contributed by atoms with Crippen molar-refractivity contribution in [1.29, 1.82) is 0 Å². The van der Waals surface area contributed by atoms with Crippen LogP contribution < -0.4 is 4.74 Å². The summed E-state index contributed by atoms with van der Waals surface area (Å²) in [6, 6.07) is 11.4. The van der Waals surface area contributed by atoms with E-state index in [4.69, 9.17) is 9.47 Å². The Morgan fingerprint density at radius 2 is 1.77 bits per heavy atom. The first-order valence-corrected chi connectivity index (χ1v) is 6.76. The molecular weight excluding hydrogens is 284 g/mol. The van der Waals surface area contributed by atoms with Gasteiger partial charge in [0, 0.05) is 5.56 Å². The van der Waals surface area contributed by atoms with Gasteiger partial charge in [-0.3, -0.25) is 0 Å². The normalized spacial score (nSPS) is 10.1. The smallest absolute Gasteiger partial charge is 0.338 e. The molecule has 1 N–H and O–H groups in total. The van der Waals surface area contributed by atoms with Crippen LogP contribution in [0.4, 0.5) is 0 Å². The van der Waals surface area contributed by atoms with Crippen molar-refractivity contribution in [2.45, 2.75) is 6.92 Å². The van der Waals surface area contributed by atoms with Crippen molar-refractivity contribution in [1.82, 2.24) is 0 Å². The molecule has 0 aliphatic heterocycles. The van der Waals surface area contributed by atoms with E-state index < -0.39 is 11.9 Å². The van der Waals surface area contributed by atoms with Crippen LogP contribution in [0.5, 0.6) is 5.75 Å². The molecular formula is C17H16O5. The van der Waals surface area contributed by atoms with Crippen molar-refractivity contribution in [2.75, 3.05) is 13.7 Å². The summed E-state index contributed by atoms with van der Waals surface area (Å²) in [4.78, 5) is 23.5. The second-order valence-electron chi connectivity index (χ2n) is 4.48. The van der Waals surface area contributed by atoms with Crippen molar-refractivity contribution in [2.24, 2.45) is 0 Å². The predicted molar refractivity (Wildman–Crippen MR) is 81.3 cm³/mol. The molecule has 0 heterocycles. The van der Waals surface area contributed by atoms with Crippen LogP contribution >= 0.6 is 0 Å². The molecule has 2 aromatic rings. The number of aromatic carboxylic acids is 1. The molecule has 2 aromatic carbocycles. The maximum atomic E-state index is 12.1. The molecule has 0 saturated carbocycles.